The van der Waals surface area contributed by atoms with Gasteiger partial charge in [0.15, 0.2) is 0 Å². The van der Waals surface area contributed by atoms with Gasteiger partial charge in [-0.05, 0) is 48.4 Å². The highest BCUT2D eigenvalue weighted by Crippen LogP contribution is 2.19. The van der Waals surface area contributed by atoms with Gasteiger partial charge in [0.05, 0.1) is 17.3 Å². The Kier molecular flexibility index (Phi) is 4.23. The van der Waals surface area contributed by atoms with Crippen molar-refractivity contribution in [1.82, 2.24) is 4.98 Å². The molecular formula is C19H16ClNO. The van der Waals surface area contributed by atoms with Crippen molar-refractivity contribution in [1.29, 1.82) is 0 Å². The number of fused-ring (bicyclic) bond motifs is 1. The highest BCUT2D eigenvalue weighted by atomic mass is 35.5. The zero-order valence-electron chi connectivity index (χ0n) is 12.2. The maximum absolute atomic E-state index is 9.63. The number of rotatable bonds is 3. The van der Waals surface area contributed by atoms with Gasteiger partial charge in [-0.25, -0.2) is 4.98 Å². The minimum atomic E-state index is -0.464. The predicted molar refractivity (Wildman–Crippen MR) is 92.8 cm³/mol. The molecule has 1 atom stereocenters. The maximum Gasteiger partial charge on any atom is 0.0762 e. The third-order valence-electron chi connectivity index (χ3n) is 3.52. The van der Waals surface area contributed by atoms with Crippen LogP contribution in [0.5, 0.6) is 0 Å². The quantitative estimate of drug-likeness (QED) is 0.729. The number of hydrogen-bond acceptors (Lipinski definition) is 2. The van der Waals surface area contributed by atoms with Gasteiger partial charge in [0.2, 0.25) is 0 Å². The van der Waals surface area contributed by atoms with Crippen molar-refractivity contribution in [3.63, 3.8) is 0 Å². The SMILES string of the molecule is CC(O)c1cccc(/C=C/c2ccc3ccc(Cl)cc3n2)c1. The summed E-state index contributed by atoms with van der Waals surface area (Å²) in [5.41, 5.74) is 3.69. The van der Waals surface area contributed by atoms with Crippen LogP contribution in [0.15, 0.2) is 54.6 Å². The standard InChI is InChI=1S/C19H16ClNO/c1-13(22)16-4-2-3-14(11-16)5-9-18-10-7-15-6-8-17(20)12-19(15)21-18/h2-13,22H,1H3/b9-5+. The average molecular weight is 310 g/mol. The van der Waals surface area contributed by atoms with Gasteiger partial charge in [-0.3, -0.25) is 0 Å². The summed E-state index contributed by atoms with van der Waals surface area (Å²) in [6.45, 7) is 1.76. The summed E-state index contributed by atoms with van der Waals surface area (Å²) in [6.07, 6.45) is 3.49. The van der Waals surface area contributed by atoms with E-state index in [4.69, 9.17) is 11.6 Å². The van der Waals surface area contributed by atoms with E-state index < -0.39 is 6.10 Å². The van der Waals surface area contributed by atoms with Gasteiger partial charge in [-0.1, -0.05) is 48.0 Å². The first-order valence-corrected chi connectivity index (χ1v) is 7.52. The number of nitrogens with zero attached hydrogens (tertiary/aromatic N) is 1. The smallest absolute Gasteiger partial charge is 0.0762 e. The molecule has 0 aliphatic rings. The Labute approximate surface area is 134 Å². The monoisotopic (exact) mass is 309 g/mol. The van der Waals surface area contributed by atoms with Crippen LogP contribution in [-0.2, 0) is 0 Å². The van der Waals surface area contributed by atoms with Crippen molar-refractivity contribution in [2.75, 3.05) is 0 Å². The molecular weight excluding hydrogens is 294 g/mol. The molecule has 0 radical (unpaired) electrons. The lowest BCUT2D eigenvalue weighted by atomic mass is 10.1. The van der Waals surface area contributed by atoms with Gasteiger partial charge >= 0.3 is 0 Å². The predicted octanol–water partition coefficient (Wildman–Crippen LogP) is 5.11. The summed E-state index contributed by atoms with van der Waals surface area (Å²) in [7, 11) is 0. The van der Waals surface area contributed by atoms with E-state index >= 15 is 0 Å². The fourth-order valence-corrected chi connectivity index (χ4v) is 2.47. The third kappa shape index (κ3) is 3.35. The van der Waals surface area contributed by atoms with Crippen molar-refractivity contribution < 1.29 is 5.11 Å². The Balaban J connectivity index is 1.90. The molecule has 22 heavy (non-hydrogen) atoms. The van der Waals surface area contributed by atoms with Gasteiger partial charge in [-0.2, -0.15) is 0 Å². The topological polar surface area (TPSA) is 33.1 Å². The van der Waals surface area contributed by atoms with Crippen molar-refractivity contribution >= 4 is 34.7 Å². The Morgan fingerprint density at radius 3 is 2.68 bits per heavy atom. The van der Waals surface area contributed by atoms with Crippen molar-refractivity contribution in [2.24, 2.45) is 0 Å². The Morgan fingerprint density at radius 1 is 1.05 bits per heavy atom. The summed E-state index contributed by atoms with van der Waals surface area (Å²) in [5, 5.41) is 11.4. The molecule has 0 fully saturated rings. The average Bonchev–Trinajstić information content (AvgIpc) is 2.52. The molecule has 2 aromatic carbocycles. The normalized spacial score (nSPS) is 12.9. The molecule has 110 valence electrons. The summed E-state index contributed by atoms with van der Waals surface area (Å²) in [6, 6.07) is 17.5. The molecule has 0 bridgehead atoms. The first kappa shape index (κ1) is 14.8. The second kappa shape index (κ2) is 6.30. The minimum absolute atomic E-state index is 0.464. The third-order valence-corrected chi connectivity index (χ3v) is 3.75. The molecule has 3 heteroatoms. The van der Waals surface area contributed by atoms with E-state index in [1.165, 1.54) is 0 Å². The van der Waals surface area contributed by atoms with Crippen LogP contribution in [0.4, 0.5) is 0 Å². The van der Waals surface area contributed by atoms with E-state index in [2.05, 4.69) is 4.98 Å². The maximum atomic E-state index is 9.63. The Hall–Kier alpha value is -2.16. The van der Waals surface area contributed by atoms with Crippen LogP contribution in [0.3, 0.4) is 0 Å². The van der Waals surface area contributed by atoms with Crippen LogP contribution in [0.25, 0.3) is 23.1 Å². The summed E-state index contributed by atoms with van der Waals surface area (Å²) in [4.78, 5) is 4.59. The largest absolute Gasteiger partial charge is 0.389 e. The molecule has 1 aromatic heterocycles. The summed E-state index contributed by atoms with van der Waals surface area (Å²) < 4.78 is 0. The first-order valence-electron chi connectivity index (χ1n) is 7.14. The van der Waals surface area contributed by atoms with Crippen LogP contribution in [0, 0.1) is 0 Å². The molecule has 0 saturated carbocycles. The van der Waals surface area contributed by atoms with Crippen LogP contribution in [0.2, 0.25) is 5.02 Å². The molecule has 1 unspecified atom stereocenters. The van der Waals surface area contributed by atoms with Crippen LogP contribution >= 0.6 is 11.6 Å². The number of halogens is 1. The molecule has 0 aliphatic carbocycles. The first-order chi connectivity index (χ1) is 10.6. The van der Waals surface area contributed by atoms with Crippen molar-refractivity contribution in [2.45, 2.75) is 13.0 Å². The fraction of sp³-hybridized carbons (Fsp3) is 0.105. The van der Waals surface area contributed by atoms with E-state index in [0.717, 1.165) is 27.7 Å². The summed E-state index contributed by atoms with van der Waals surface area (Å²) >= 11 is 6.01. The summed E-state index contributed by atoms with van der Waals surface area (Å²) in [5.74, 6) is 0. The molecule has 3 rings (SSSR count). The minimum Gasteiger partial charge on any atom is -0.389 e. The van der Waals surface area contributed by atoms with E-state index in [1.807, 2.05) is 66.7 Å². The molecule has 0 saturated heterocycles. The van der Waals surface area contributed by atoms with E-state index in [1.54, 1.807) is 6.92 Å². The lowest BCUT2D eigenvalue weighted by molar-refractivity contribution is 0.199. The molecule has 0 aliphatic heterocycles. The molecule has 3 aromatic rings. The molecule has 0 spiro atoms. The second-order valence-corrected chi connectivity index (χ2v) is 5.69. The molecule has 1 N–H and O–H groups in total. The van der Waals surface area contributed by atoms with E-state index in [9.17, 15) is 5.11 Å². The number of benzene rings is 2. The number of aliphatic hydroxyl groups is 1. The molecule has 1 heterocycles. The Bertz CT molecular complexity index is 840. The van der Waals surface area contributed by atoms with Gasteiger partial charge in [0, 0.05) is 10.4 Å². The number of aliphatic hydroxyl groups excluding tert-OH is 1. The van der Waals surface area contributed by atoms with Gasteiger partial charge in [0.1, 0.15) is 0 Å². The second-order valence-electron chi connectivity index (χ2n) is 5.25. The highest BCUT2D eigenvalue weighted by Gasteiger charge is 2.00. The Morgan fingerprint density at radius 2 is 1.86 bits per heavy atom. The van der Waals surface area contributed by atoms with E-state index in [0.29, 0.717) is 5.02 Å². The van der Waals surface area contributed by atoms with Gasteiger partial charge < -0.3 is 5.11 Å². The lowest BCUT2D eigenvalue weighted by Crippen LogP contribution is -1.90. The van der Waals surface area contributed by atoms with Gasteiger partial charge in [0.25, 0.3) is 0 Å². The number of aromatic nitrogens is 1. The van der Waals surface area contributed by atoms with Crippen LogP contribution < -0.4 is 0 Å². The lowest BCUT2D eigenvalue weighted by Gasteiger charge is -2.05. The molecule has 2 nitrogen and oxygen atoms in total. The fourth-order valence-electron chi connectivity index (χ4n) is 2.30. The zero-order chi connectivity index (χ0) is 15.5. The van der Waals surface area contributed by atoms with Crippen molar-refractivity contribution in [3.8, 4) is 0 Å². The van der Waals surface area contributed by atoms with Crippen molar-refractivity contribution in [3.05, 3.63) is 76.4 Å². The molecule has 0 amide bonds. The van der Waals surface area contributed by atoms with Gasteiger partial charge in [-0.15, -0.1) is 0 Å². The number of pyridine rings is 1. The number of hydrogen-bond donors (Lipinski definition) is 1. The zero-order valence-corrected chi connectivity index (χ0v) is 13.0. The van der Waals surface area contributed by atoms with E-state index in [-0.39, 0.29) is 0 Å². The highest BCUT2D eigenvalue weighted by molar-refractivity contribution is 6.31. The van der Waals surface area contributed by atoms with Crippen LogP contribution in [-0.4, -0.2) is 10.1 Å². The van der Waals surface area contributed by atoms with Crippen LogP contribution in [0.1, 0.15) is 29.8 Å².